The van der Waals surface area contributed by atoms with Crippen molar-refractivity contribution in [1.82, 2.24) is 9.78 Å². The van der Waals surface area contributed by atoms with E-state index >= 15 is 0 Å². The van der Waals surface area contributed by atoms with E-state index < -0.39 is 11.4 Å². The Morgan fingerprint density at radius 2 is 2.09 bits per heavy atom. The van der Waals surface area contributed by atoms with E-state index in [4.69, 9.17) is 0 Å². The zero-order valence-electron chi connectivity index (χ0n) is 6.81. The molecule has 1 aromatic heterocycles. The van der Waals surface area contributed by atoms with Crippen molar-refractivity contribution in [2.45, 2.75) is 19.8 Å². The van der Waals surface area contributed by atoms with E-state index in [1.54, 1.807) is 0 Å². The Kier molecular flexibility index (Phi) is 1.85. The largest absolute Gasteiger partial charge is 0.302 e. The lowest BCUT2D eigenvalue weighted by Crippen LogP contribution is -2.13. The van der Waals surface area contributed by atoms with Crippen molar-refractivity contribution >= 4 is 0 Å². The Bertz CT molecular complexity index is 311. The standard InChI is InChI=1S/C7H11FN2O/c1-4(2)6-5(8)7(11)10(3)9-6/h4,9H,1-3H3. The quantitative estimate of drug-likeness (QED) is 0.649. The highest BCUT2D eigenvalue weighted by molar-refractivity contribution is 5.07. The second kappa shape index (κ2) is 2.53. The SMILES string of the molecule is CC(C)c1[nH]n(C)c(=O)c1F. The maximum atomic E-state index is 12.9. The fourth-order valence-electron chi connectivity index (χ4n) is 0.926. The first kappa shape index (κ1) is 8.04. The average molecular weight is 158 g/mol. The Balaban J connectivity index is 3.30. The van der Waals surface area contributed by atoms with Crippen LogP contribution >= 0.6 is 0 Å². The van der Waals surface area contributed by atoms with E-state index in [1.165, 1.54) is 7.05 Å². The van der Waals surface area contributed by atoms with Gasteiger partial charge in [-0.05, 0) is 5.92 Å². The van der Waals surface area contributed by atoms with Gasteiger partial charge >= 0.3 is 5.56 Å². The minimum Gasteiger partial charge on any atom is -0.297 e. The van der Waals surface area contributed by atoms with Gasteiger partial charge in [-0.1, -0.05) is 13.8 Å². The van der Waals surface area contributed by atoms with Crippen LogP contribution < -0.4 is 5.56 Å². The van der Waals surface area contributed by atoms with Crippen LogP contribution in [0.25, 0.3) is 0 Å². The number of hydrogen-bond donors (Lipinski definition) is 1. The first-order valence-electron chi connectivity index (χ1n) is 3.48. The van der Waals surface area contributed by atoms with Gasteiger partial charge in [-0.2, -0.15) is 4.39 Å². The third-order valence-electron chi connectivity index (χ3n) is 1.59. The highest BCUT2D eigenvalue weighted by atomic mass is 19.1. The van der Waals surface area contributed by atoms with Crippen molar-refractivity contribution in [3.8, 4) is 0 Å². The fourth-order valence-corrected chi connectivity index (χ4v) is 0.926. The highest BCUT2D eigenvalue weighted by Crippen LogP contribution is 2.11. The predicted octanol–water partition coefficient (Wildman–Crippen LogP) is 0.976. The predicted molar refractivity (Wildman–Crippen MR) is 40.1 cm³/mol. The summed E-state index contributed by atoms with van der Waals surface area (Å²) in [7, 11) is 1.50. The second-order valence-electron chi connectivity index (χ2n) is 2.86. The molecule has 0 aliphatic heterocycles. The molecule has 1 heterocycles. The molecule has 0 spiro atoms. The molecule has 0 aromatic carbocycles. The van der Waals surface area contributed by atoms with E-state index in [-0.39, 0.29) is 5.92 Å². The highest BCUT2D eigenvalue weighted by Gasteiger charge is 2.13. The van der Waals surface area contributed by atoms with Gasteiger partial charge in [0.25, 0.3) is 0 Å². The Morgan fingerprint density at radius 3 is 2.27 bits per heavy atom. The van der Waals surface area contributed by atoms with Crippen molar-refractivity contribution in [3.63, 3.8) is 0 Å². The molecule has 0 bridgehead atoms. The van der Waals surface area contributed by atoms with Crippen LogP contribution in [0.15, 0.2) is 4.79 Å². The summed E-state index contributed by atoms with van der Waals surface area (Å²) in [5.74, 6) is -0.647. The molecular formula is C7H11FN2O. The van der Waals surface area contributed by atoms with E-state index in [1.807, 2.05) is 13.8 Å². The molecule has 0 aliphatic rings. The van der Waals surface area contributed by atoms with Gasteiger partial charge in [0.2, 0.25) is 5.82 Å². The lowest BCUT2D eigenvalue weighted by molar-refractivity contribution is 0.588. The maximum absolute atomic E-state index is 12.9. The molecule has 0 saturated heterocycles. The van der Waals surface area contributed by atoms with Gasteiger partial charge in [0.05, 0.1) is 5.69 Å². The molecule has 0 atom stereocenters. The topological polar surface area (TPSA) is 37.8 Å². The lowest BCUT2D eigenvalue weighted by atomic mass is 10.1. The van der Waals surface area contributed by atoms with Crippen LogP contribution in [0.4, 0.5) is 4.39 Å². The molecule has 1 rings (SSSR count). The number of halogens is 1. The molecular weight excluding hydrogens is 147 g/mol. The van der Waals surface area contributed by atoms with Crippen LogP contribution in [-0.4, -0.2) is 9.78 Å². The summed E-state index contributed by atoms with van der Waals surface area (Å²) < 4.78 is 14.1. The number of rotatable bonds is 1. The van der Waals surface area contributed by atoms with E-state index in [0.29, 0.717) is 5.69 Å². The third kappa shape index (κ3) is 1.20. The van der Waals surface area contributed by atoms with Gasteiger partial charge in [0.1, 0.15) is 0 Å². The van der Waals surface area contributed by atoms with Crippen LogP contribution in [0.1, 0.15) is 25.5 Å². The molecule has 0 fully saturated rings. The molecule has 0 unspecified atom stereocenters. The number of aromatic nitrogens is 2. The Morgan fingerprint density at radius 1 is 1.55 bits per heavy atom. The first-order valence-corrected chi connectivity index (χ1v) is 3.48. The fraction of sp³-hybridized carbons (Fsp3) is 0.571. The molecule has 1 aromatic rings. The van der Waals surface area contributed by atoms with Crippen LogP contribution in [0, 0.1) is 5.82 Å². The van der Waals surface area contributed by atoms with E-state index in [9.17, 15) is 9.18 Å². The number of H-pyrrole nitrogens is 1. The molecule has 0 amide bonds. The Labute approximate surface area is 63.8 Å². The van der Waals surface area contributed by atoms with Crippen LogP contribution in [0.3, 0.4) is 0 Å². The normalized spacial score (nSPS) is 11.0. The molecule has 3 nitrogen and oxygen atoms in total. The van der Waals surface area contributed by atoms with Gasteiger partial charge < -0.3 is 0 Å². The zero-order chi connectivity index (χ0) is 8.59. The van der Waals surface area contributed by atoms with E-state index in [0.717, 1.165) is 4.68 Å². The summed E-state index contributed by atoms with van der Waals surface area (Å²) in [6.07, 6.45) is 0. The van der Waals surface area contributed by atoms with Crippen LogP contribution in [0.2, 0.25) is 0 Å². The average Bonchev–Trinajstić information content (AvgIpc) is 2.17. The van der Waals surface area contributed by atoms with Gasteiger partial charge in [-0.25, -0.2) is 0 Å². The molecule has 0 aliphatic carbocycles. The first-order chi connectivity index (χ1) is 5.04. The molecule has 0 saturated carbocycles. The van der Waals surface area contributed by atoms with Gasteiger partial charge in [-0.15, -0.1) is 0 Å². The monoisotopic (exact) mass is 158 g/mol. The summed E-state index contributed by atoms with van der Waals surface area (Å²) in [6, 6.07) is 0. The Hall–Kier alpha value is -1.06. The molecule has 0 radical (unpaired) electrons. The van der Waals surface area contributed by atoms with Crippen LogP contribution in [-0.2, 0) is 7.05 Å². The van der Waals surface area contributed by atoms with Crippen molar-refractivity contribution in [3.05, 3.63) is 21.9 Å². The number of aryl methyl sites for hydroxylation is 1. The minimum absolute atomic E-state index is 0.0175. The summed E-state index contributed by atoms with van der Waals surface area (Å²) in [6.45, 7) is 3.66. The maximum Gasteiger partial charge on any atom is 0.302 e. The number of aromatic amines is 1. The summed E-state index contributed by atoms with van der Waals surface area (Å²) >= 11 is 0. The summed E-state index contributed by atoms with van der Waals surface area (Å²) in [5, 5.41) is 2.64. The summed E-state index contributed by atoms with van der Waals surface area (Å²) in [5.41, 5.74) is -0.216. The van der Waals surface area contributed by atoms with Gasteiger partial charge in [0, 0.05) is 7.05 Å². The van der Waals surface area contributed by atoms with Crippen LogP contribution in [0.5, 0.6) is 0 Å². The molecule has 62 valence electrons. The number of nitrogens with one attached hydrogen (secondary N) is 1. The smallest absolute Gasteiger partial charge is 0.297 e. The number of hydrogen-bond acceptors (Lipinski definition) is 1. The molecule has 11 heavy (non-hydrogen) atoms. The molecule has 1 N–H and O–H groups in total. The molecule has 4 heteroatoms. The second-order valence-corrected chi connectivity index (χ2v) is 2.86. The summed E-state index contributed by atoms with van der Waals surface area (Å²) in [4.78, 5) is 10.9. The van der Waals surface area contributed by atoms with Crippen molar-refractivity contribution in [1.29, 1.82) is 0 Å². The van der Waals surface area contributed by atoms with Gasteiger partial charge in [0.15, 0.2) is 0 Å². The van der Waals surface area contributed by atoms with Crippen molar-refractivity contribution < 1.29 is 4.39 Å². The number of nitrogens with zero attached hydrogens (tertiary/aromatic N) is 1. The van der Waals surface area contributed by atoms with E-state index in [2.05, 4.69) is 5.10 Å². The third-order valence-corrected chi connectivity index (χ3v) is 1.59. The lowest BCUT2D eigenvalue weighted by Gasteiger charge is -1.98. The zero-order valence-corrected chi connectivity index (χ0v) is 6.81. The van der Waals surface area contributed by atoms with Crippen molar-refractivity contribution in [2.24, 2.45) is 7.05 Å². The van der Waals surface area contributed by atoms with Crippen molar-refractivity contribution in [2.75, 3.05) is 0 Å². The minimum atomic E-state index is -0.664. The van der Waals surface area contributed by atoms with Gasteiger partial charge in [-0.3, -0.25) is 14.6 Å².